The summed E-state index contributed by atoms with van der Waals surface area (Å²) >= 11 is 0. The number of likely N-dealkylation sites (tertiary alicyclic amines) is 1. The number of hydrogen-bond acceptors (Lipinski definition) is 5. The van der Waals surface area contributed by atoms with Gasteiger partial charge in [0.15, 0.2) is 5.78 Å². The summed E-state index contributed by atoms with van der Waals surface area (Å²) in [4.78, 5) is 48.4. The summed E-state index contributed by atoms with van der Waals surface area (Å²) in [5.74, 6) is -0.159. The van der Waals surface area contributed by atoms with Crippen molar-refractivity contribution >= 4 is 22.6 Å². The highest BCUT2D eigenvalue weighted by Crippen LogP contribution is 2.23. The molecule has 0 spiro atoms. The van der Waals surface area contributed by atoms with Crippen LogP contribution in [0.4, 0.5) is 0 Å². The van der Waals surface area contributed by atoms with Crippen molar-refractivity contribution in [3.05, 3.63) is 71.0 Å². The molecule has 2 aromatic heterocycles. The Morgan fingerprint density at radius 3 is 2.59 bits per heavy atom. The Bertz CT molecular complexity index is 1100. The summed E-state index contributed by atoms with van der Waals surface area (Å²) in [5, 5.41) is 0.496. The fraction of sp³-hybridized carbons (Fsp3) is 0.318. The zero-order valence-electron chi connectivity index (χ0n) is 16.2. The Balaban J connectivity index is 1.45. The van der Waals surface area contributed by atoms with E-state index in [0.717, 1.165) is 0 Å². The third-order valence-corrected chi connectivity index (χ3v) is 5.59. The lowest BCUT2D eigenvalue weighted by Crippen LogP contribution is -2.44. The molecule has 1 saturated heterocycles. The number of benzene rings is 1. The molecule has 0 N–H and O–H groups in total. The molecule has 0 aliphatic carbocycles. The average Bonchev–Trinajstić information content (AvgIpc) is 2.79. The van der Waals surface area contributed by atoms with Crippen molar-refractivity contribution in [3.8, 4) is 0 Å². The van der Waals surface area contributed by atoms with Gasteiger partial charge in [0.25, 0.3) is 5.56 Å². The summed E-state index contributed by atoms with van der Waals surface area (Å²) in [6.07, 6.45) is 5.88. The molecule has 0 radical (unpaired) electrons. The highest BCUT2D eigenvalue weighted by molar-refractivity contribution is 5.97. The number of rotatable bonds is 4. The summed E-state index contributed by atoms with van der Waals surface area (Å²) in [6, 6.07) is 9.98. The number of hydrogen-bond donors (Lipinski definition) is 0. The van der Waals surface area contributed by atoms with Gasteiger partial charge in [-0.05, 0) is 44.0 Å². The molecule has 4 rings (SSSR count). The van der Waals surface area contributed by atoms with E-state index in [1.54, 1.807) is 54.5 Å². The number of carbonyl (C=O) groups is 2. The predicted octanol–water partition coefficient (Wildman–Crippen LogP) is 2.47. The molecule has 0 unspecified atom stereocenters. The second-order valence-corrected chi connectivity index (χ2v) is 7.36. The first-order valence-electron chi connectivity index (χ1n) is 9.75. The number of nitrogens with zero attached hydrogens (tertiary/aromatic N) is 4. The molecule has 1 aliphatic rings. The first-order chi connectivity index (χ1) is 14.1. The third kappa shape index (κ3) is 3.68. The number of ketones is 1. The minimum absolute atomic E-state index is 0.0770. The Morgan fingerprint density at radius 2 is 1.86 bits per heavy atom. The molecular formula is C22H22N4O3. The number of pyridine rings is 1. The molecule has 1 fully saturated rings. The molecule has 1 aliphatic heterocycles. The normalized spacial score (nSPS) is 16.0. The second-order valence-electron chi connectivity index (χ2n) is 7.36. The average molecular weight is 390 g/mol. The van der Waals surface area contributed by atoms with Gasteiger partial charge in [0.1, 0.15) is 6.04 Å². The van der Waals surface area contributed by atoms with Gasteiger partial charge >= 0.3 is 0 Å². The summed E-state index contributed by atoms with van der Waals surface area (Å²) in [5.41, 5.74) is 1.00. The van der Waals surface area contributed by atoms with Gasteiger partial charge in [0.05, 0.1) is 17.2 Å². The Morgan fingerprint density at radius 1 is 1.10 bits per heavy atom. The second kappa shape index (κ2) is 7.95. The highest BCUT2D eigenvalue weighted by Gasteiger charge is 2.30. The molecule has 148 valence electrons. The van der Waals surface area contributed by atoms with E-state index in [2.05, 4.69) is 9.97 Å². The van der Waals surface area contributed by atoms with Gasteiger partial charge in [-0.2, -0.15) is 0 Å². The number of aromatic nitrogens is 3. The topological polar surface area (TPSA) is 85.2 Å². The van der Waals surface area contributed by atoms with Crippen LogP contribution in [0.2, 0.25) is 0 Å². The smallest absolute Gasteiger partial charge is 0.261 e. The van der Waals surface area contributed by atoms with Crippen molar-refractivity contribution in [1.29, 1.82) is 0 Å². The molecule has 0 bridgehead atoms. The van der Waals surface area contributed by atoms with Crippen LogP contribution in [0.25, 0.3) is 10.9 Å². The molecule has 1 atom stereocenters. The van der Waals surface area contributed by atoms with E-state index >= 15 is 0 Å². The SMILES string of the molecule is C[C@@H](C(=O)N1CCC(C(=O)c2cccnc2)CC1)n1cnc2ccccc2c1=O. The van der Waals surface area contributed by atoms with E-state index in [1.807, 2.05) is 6.07 Å². The zero-order valence-corrected chi connectivity index (χ0v) is 16.2. The maximum atomic E-state index is 13.0. The fourth-order valence-electron chi connectivity index (χ4n) is 3.85. The molecular weight excluding hydrogens is 368 g/mol. The first-order valence-corrected chi connectivity index (χ1v) is 9.75. The van der Waals surface area contributed by atoms with Crippen molar-refractivity contribution in [2.24, 2.45) is 5.92 Å². The van der Waals surface area contributed by atoms with Crippen LogP contribution < -0.4 is 5.56 Å². The van der Waals surface area contributed by atoms with Gasteiger partial charge in [-0.3, -0.25) is 23.9 Å². The van der Waals surface area contributed by atoms with E-state index < -0.39 is 6.04 Å². The summed E-state index contributed by atoms with van der Waals surface area (Å²) in [7, 11) is 0. The van der Waals surface area contributed by atoms with Crippen molar-refractivity contribution in [2.75, 3.05) is 13.1 Å². The van der Waals surface area contributed by atoms with Crippen LogP contribution in [0, 0.1) is 5.92 Å². The predicted molar refractivity (Wildman–Crippen MR) is 109 cm³/mol. The van der Waals surface area contributed by atoms with Crippen molar-refractivity contribution < 1.29 is 9.59 Å². The fourth-order valence-corrected chi connectivity index (χ4v) is 3.85. The molecule has 1 aromatic carbocycles. The quantitative estimate of drug-likeness (QED) is 0.639. The summed E-state index contributed by atoms with van der Waals surface area (Å²) < 4.78 is 1.39. The van der Waals surface area contributed by atoms with Crippen LogP contribution in [0.1, 0.15) is 36.2 Å². The van der Waals surface area contributed by atoms with Gasteiger partial charge in [0.2, 0.25) is 5.91 Å². The van der Waals surface area contributed by atoms with Crippen LogP contribution in [0.5, 0.6) is 0 Å². The molecule has 3 aromatic rings. The van der Waals surface area contributed by atoms with E-state index in [0.29, 0.717) is 42.4 Å². The molecule has 7 nitrogen and oxygen atoms in total. The lowest BCUT2D eigenvalue weighted by Gasteiger charge is -2.33. The van der Waals surface area contributed by atoms with Gasteiger partial charge < -0.3 is 4.90 Å². The minimum atomic E-state index is -0.648. The number of para-hydroxylation sites is 1. The Labute approximate surface area is 168 Å². The lowest BCUT2D eigenvalue weighted by molar-refractivity contribution is -0.135. The van der Waals surface area contributed by atoms with Gasteiger partial charge in [-0.1, -0.05) is 12.1 Å². The van der Waals surface area contributed by atoms with Gasteiger partial charge in [-0.15, -0.1) is 0 Å². The monoisotopic (exact) mass is 390 g/mol. The largest absolute Gasteiger partial charge is 0.341 e. The lowest BCUT2D eigenvalue weighted by atomic mass is 9.89. The van der Waals surface area contributed by atoms with Crippen LogP contribution in [-0.4, -0.2) is 44.2 Å². The highest BCUT2D eigenvalue weighted by atomic mass is 16.2. The van der Waals surface area contributed by atoms with Crippen LogP contribution in [-0.2, 0) is 4.79 Å². The number of carbonyl (C=O) groups excluding carboxylic acids is 2. The van der Waals surface area contributed by atoms with Gasteiger partial charge in [-0.25, -0.2) is 4.98 Å². The maximum absolute atomic E-state index is 13.0. The van der Waals surface area contributed by atoms with E-state index in [1.165, 1.54) is 10.9 Å². The molecule has 7 heteroatoms. The maximum Gasteiger partial charge on any atom is 0.261 e. The van der Waals surface area contributed by atoms with E-state index in [4.69, 9.17) is 0 Å². The standard InChI is InChI=1S/C22H22N4O3/c1-15(26-14-24-19-7-3-2-6-18(19)22(26)29)21(28)25-11-8-16(9-12-25)20(27)17-5-4-10-23-13-17/h2-7,10,13-16H,8-9,11-12H2,1H3/t15-/m0/s1. The third-order valence-electron chi connectivity index (χ3n) is 5.59. The molecule has 3 heterocycles. The van der Waals surface area contributed by atoms with E-state index in [9.17, 15) is 14.4 Å². The molecule has 0 saturated carbocycles. The van der Waals surface area contributed by atoms with Crippen molar-refractivity contribution in [2.45, 2.75) is 25.8 Å². The summed E-state index contributed by atoms with van der Waals surface area (Å²) in [6.45, 7) is 2.71. The van der Waals surface area contributed by atoms with Crippen molar-refractivity contribution in [1.82, 2.24) is 19.4 Å². The number of amides is 1. The minimum Gasteiger partial charge on any atom is -0.341 e. The zero-order chi connectivity index (χ0) is 20.4. The van der Waals surface area contributed by atoms with Crippen molar-refractivity contribution in [3.63, 3.8) is 0 Å². The number of fused-ring (bicyclic) bond motifs is 1. The number of piperidine rings is 1. The Kier molecular flexibility index (Phi) is 5.20. The van der Waals surface area contributed by atoms with Crippen LogP contribution >= 0.6 is 0 Å². The molecule has 1 amide bonds. The molecule has 29 heavy (non-hydrogen) atoms. The van der Waals surface area contributed by atoms with Gasteiger partial charge in [0, 0.05) is 37.0 Å². The first kappa shape index (κ1) is 19.0. The van der Waals surface area contributed by atoms with Crippen LogP contribution in [0.15, 0.2) is 59.9 Å². The van der Waals surface area contributed by atoms with E-state index in [-0.39, 0.29) is 23.2 Å². The Hall–Kier alpha value is -3.35. The van der Waals surface area contributed by atoms with Crippen LogP contribution in [0.3, 0.4) is 0 Å². The number of Topliss-reactive ketones (excluding diaryl/α,β-unsaturated/α-hetero) is 1.